The Morgan fingerprint density at radius 3 is 1.11 bits per heavy atom. The predicted molar refractivity (Wildman–Crippen MR) is 146 cm³/mol. The van der Waals surface area contributed by atoms with Crippen LogP contribution in [0.25, 0.3) is 0 Å². The number of unbranched alkanes of at least 4 members (excludes halogenated alkanes) is 3. The van der Waals surface area contributed by atoms with Gasteiger partial charge < -0.3 is 23.9 Å². The van der Waals surface area contributed by atoms with E-state index in [0.717, 1.165) is 4.48 Å². The van der Waals surface area contributed by atoms with Crippen LogP contribution in [0.4, 0.5) is 0 Å². The van der Waals surface area contributed by atoms with E-state index >= 15 is 0 Å². The van der Waals surface area contributed by atoms with Crippen molar-refractivity contribution in [1.82, 2.24) is 0 Å². The van der Waals surface area contributed by atoms with Crippen molar-refractivity contribution in [3.8, 4) is 0 Å². The molecule has 2 N–H and O–H groups in total. The van der Waals surface area contributed by atoms with Gasteiger partial charge in [-0.2, -0.15) is 0 Å². The van der Waals surface area contributed by atoms with E-state index < -0.39 is 23.9 Å². The van der Waals surface area contributed by atoms with E-state index in [0.29, 0.717) is 24.3 Å². The fourth-order valence-electron chi connectivity index (χ4n) is 2.74. The zero-order chi connectivity index (χ0) is 27.9. The van der Waals surface area contributed by atoms with Gasteiger partial charge in [-0.05, 0) is 26.2 Å². The Hall–Kier alpha value is -0.884. The van der Waals surface area contributed by atoms with Crippen LogP contribution < -0.4 is 0 Å². The van der Waals surface area contributed by atoms with E-state index in [1.165, 1.54) is 69.2 Å². The van der Waals surface area contributed by atoms with Crippen LogP contribution in [-0.2, 0) is 23.9 Å². The first kappa shape index (κ1) is 42.2. The first-order chi connectivity index (χ1) is 16.2. The van der Waals surface area contributed by atoms with Gasteiger partial charge in [-0.25, -0.2) is 19.2 Å². The Bertz CT molecular complexity index is 610. The van der Waals surface area contributed by atoms with Gasteiger partial charge in [-0.15, -0.1) is 0 Å². The second-order valence-electron chi connectivity index (χ2n) is 9.66. The quantitative estimate of drug-likeness (QED) is 0.114. The number of hydrogen-bond donors (Lipinski definition) is 2. The summed E-state index contributed by atoms with van der Waals surface area (Å²) >= 11 is 0. The van der Waals surface area contributed by atoms with E-state index in [9.17, 15) is 19.2 Å². The summed E-state index contributed by atoms with van der Waals surface area (Å²) in [5, 5.41) is 16.2. The van der Waals surface area contributed by atoms with Gasteiger partial charge in [0, 0.05) is 24.3 Å². The summed E-state index contributed by atoms with van der Waals surface area (Å²) in [6.45, 7) is 14.9. The molecule has 0 spiro atoms. The van der Waals surface area contributed by atoms with Crippen LogP contribution in [0, 0.1) is 0 Å². The minimum atomic E-state index is -1.37. The number of quaternary nitrogens is 2. The summed E-state index contributed by atoms with van der Waals surface area (Å²) < 4.78 is 6.36. The normalized spacial score (nSPS) is 11.0. The first-order valence-electron chi connectivity index (χ1n) is 12.4. The molecule has 0 bridgehead atoms. The maximum absolute atomic E-state index is 10.6. The van der Waals surface area contributed by atoms with Crippen LogP contribution in [0.1, 0.15) is 66.2 Å². The molecule has 0 aliphatic carbocycles. The molecule has 10 heteroatoms. The van der Waals surface area contributed by atoms with Crippen LogP contribution in [-0.4, -0.2) is 149 Å². The number of hydrogen-bond acceptors (Lipinski definition) is 5. The predicted octanol–water partition coefficient (Wildman–Crippen LogP) is 3.24. The summed E-state index contributed by atoms with van der Waals surface area (Å²) in [5.74, 6) is -5.14. The van der Waals surface area contributed by atoms with E-state index in [4.69, 9.17) is 10.2 Å². The molecular formula is C26H51KN2O7+2. The summed E-state index contributed by atoms with van der Waals surface area (Å²) in [6.07, 6.45) is 10.3. The van der Waals surface area contributed by atoms with E-state index in [-0.39, 0.29) is 51.4 Å². The molecule has 0 amide bonds. The molecule has 0 aromatic rings. The van der Waals surface area contributed by atoms with Gasteiger partial charge in [0.05, 0.1) is 54.4 Å². The summed E-state index contributed by atoms with van der Waals surface area (Å²) in [5.41, 5.74) is 0. The molecule has 0 aliphatic heterocycles. The number of esters is 2. The molecule has 0 fully saturated rings. The monoisotopic (exact) mass is 542 g/mol. The van der Waals surface area contributed by atoms with Crippen LogP contribution >= 0.6 is 0 Å². The molecule has 0 aromatic carbocycles. The number of carbonyl (C=O) groups is 4. The number of nitrogens with zero attached hydrogens (tertiary/aromatic N) is 2. The molecule has 0 saturated carbocycles. The second kappa shape index (κ2) is 25.8. The van der Waals surface area contributed by atoms with Gasteiger partial charge in [0.2, 0.25) is 0 Å². The van der Waals surface area contributed by atoms with Gasteiger partial charge in [0.1, 0.15) is 0 Å². The zero-order valence-electron chi connectivity index (χ0n) is 23.2. The molecule has 0 aliphatic rings. The van der Waals surface area contributed by atoms with Crippen molar-refractivity contribution >= 4 is 75.3 Å². The third-order valence-corrected chi connectivity index (χ3v) is 4.55. The van der Waals surface area contributed by atoms with Crippen molar-refractivity contribution in [3.63, 3.8) is 0 Å². The van der Waals surface area contributed by atoms with Crippen LogP contribution in [0.2, 0.25) is 0 Å². The number of carboxylic acid groups (broad SMARTS) is 2. The Morgan fingerprint density at radius 2 is 0.917 bits per heavy atom. The molecule has 206 valence electrons. The standard InChI is InChI=1S/C14H32N.C8H6O7.C4H12N.K.H/c1-5-9-12-15(8-4,13-10-6-2)14-11-7-3;9-5(10)1-3-7(13)15-8(14)4-2-6(11)12;1-5(2,3)4;;/h5-14H2,1-4H3;1-4H,(H,9,10)(H,11,12);1-4H3;;/q+1;;+1;;/b;3-1-,4-2+;;;. The molecule has 0 rings (SSSR count). The summed E-state index contributed by atoms with van der Waals surface area (Å²) in [4.78, 5) is 41.1. The Kier molecular flexibility index (Phi) is 30.2. The second-order valence-corrected chi connectivity index (χ2v) is 9.66. The number of ether oxygens (including phenoxy) is 1. The molecule has 0 aromatic heterocycles. The Labute approximate surface area is 261 Å². The van der Waals surface area contributed by atoms with E-state index in [1.54, 1.807) is 0 Å². The molecule has 0 radical (unpaired) electrons. The van der Waals surface area contributed by atoms with Crippen molar-refractivity contribution < 1.29 is 43.1 Å². The molecule has 0 unspecified atom stereocenters. The third-order valence-electron chi connectivity index (χ3n) is 4.55. The van der Waals surface area contributed by atoms with Crippen molar-refractivity contribution in [3.05, 3.63) is 24.3 Å². The van der Waals surface area contributed by atoms with E-state index in [1.807, 2.05) is 0 Å². The third kappa shape index (κ3) is 35.3. The van der Waals surface area contributed by atoms with Crippen LogP contribution in [0.5, 0.6) is 0 Å². The fourth-order valence-corrected chi connectivity index (χ4v) is 2.74. The summed E-state index contributed by atoms with van der Waals surface area (Å²) in [6, 6.07) is 0. The average molecular weight is 543 g/mol. The minimum absolute atomic E-state index is 0. The average Bonchev–Trinajstić information content (AvgIpc) is 2.75. The van der Waals surface area contributed by atoms with Crippen LogP contribution in [0.15, 0.2) is 24.3 Å². The van der Waals surface area contributed by atoms with Gasteiger partial charge in [-0.1, -0.05) is 40.0 Å². The van der Waals surface area contributed by atoms with Crippen molar-refractivity contribution in [2.24, 2.45) is 0 Å². The fraction of sp³-hybridized carbons (Fsp3) is 0.692. The van der Waals surface area contributed by atoms with Crippen LogP contribution in [0.3, 0.4) is 0 Å². The maximum atomic E-state index is 10.6. The van der Waals surface area contributed by atoms with Gasteiger partial charge in [0.25, 0.3) is 0 Å². The van der Waals surface area contributed by atoms with Gasteiger partial charge in [0.15, 0.2) is 0 Å². The number of carboxylic acids is 2. The summed E-state index contributed by atoms with van der Waals surface area (Å²) in [7, 11) is 8.50. The number of rotatable bonds is 14. The van der Waals surface area contributed by atoms with Gasteiger partial charge in [-0.3, -0.25) is 0 Å². The Morgan fingerprint density at radius 1 is 0.639 bits per heavy atom. The first-order valence-corrected chi connectivity index (χ1v) is 12.4. The SMILES string of the molecule is CCCC[N+](CC)(CCCC)CCCC.C[N+](C)(C)C.O=C(O)/C=C\C(=O)OC(=O)/C=C/C(=O)O.[KH]. The topological polar surface area (TPSA) is 118 Å². The van der Waals surface area contributed by atoms with Crippen molar-refractivity contribution in [1.29, 1.82) is 0 Å². The van der Waals surface area contributed by atoms with Gasteiger partial charge >= 0.3 is 75.3 Å². The molecule has 36 heavy (non-hydrogen) atoms. The number of aliphatic carboxylic acids is 2. The van der Waals surface area contributed by atoms with Crippen molar-refractivity contribution in [2.75, 3.05) is 54.4 Å². The Balaban J connectivity index is -0.000000234. The molecule has 0 heterocycles. The molecule has 0 atom stereocenters. The van der Waals surface area contributed by atoms with E-state index in [2.05, 4.69) is 60.6 Å². The molecule has 9 nitrogen and oxygen atoms in total. The molecule has 0 saturated heterocycles. The molecular weight excluding hydrogens is 491 g/mol. The number of carbonyl (C=O) groups excluding carboxylic acids is 2. The van der Waals surface area contributed by atoms with Crippen molar-refractivity contribution in [2.45, 2.75) is 66.2 Å². The zero-order valence-corrected chi connectivity index (χ0v) is 23.2.